The summed E-state index contributed by atoms with van der Waals surface area (Å²) in [5, 5.41) is 47.8. The lowest BCUT2D eigenvalue weighted by molar-refractivity contribution is 0.0992. The van der Waals surface area contributed by atoms with Crippen LogP contribution in [-0.2, 0) is 0 Å². The summed E-state index contributed by atoms with van der Waals surface area (Å²) in [6, 6.07) is 32.9. The van der Waals surface area contributed by atoms with E-state index in [-0.39, 0.29) is 45.0 Å². The summed E-state index contributed by atoms with van der Waals surface area (Å²) in [5.41, 5.74) is 13.9. The van der Waals surface area contributed by atoms with Crippen molar-refractivity contribution in [1.29, 1.82) is 0 Å². The molecule has 0 saturated carbocycles. The van der Waals surface area contributed by atoms with Crippen molar-refractivity contribution < 1.29 is 29.4 Å². The summed E-state index contributed by atoms with van der Waals surface area (Å²) in [5.74, 6) is -3.46. The lowest BCUT2D eigenvalue weighted by atomic mass is 10.0. The zero-order valence-electron chi connectivity index (χ0n) is 31.0. The molecule has 0 bridgehead atoms. The van der Waals surface area contributed by atoms with Crippen molar-refractivity contribution in [3.8, 4) is 11.5 Å². The van der Waals surface area contributed by atoms with Gasteiger partial charge in [-0.05, 0) is 90.3 Å². The number of fused-ring (bicyclic) bond motifs is 2. The normalized spacial score (nSPS) is 11.3. The van der Waals surface area contributed by atoms with Crippen LogP contribution >= 0.6 is 0 Å². The maximum absolute atomic E-state index is 13.7. The fourth-order valence-electron chi connectivity index (χ4n) is 6.20. The van der Waals surface area contributed by atoms with Crippen LogP contribution in [0.2, 0.25) is 0 Å². The van der Waals surface area contributed by atoms with Gasteiger partial charge in [0.15, 0.2) is 11.5 Å². The van der Waals surface area contributed by atoms with Gasteiger partial charge >= 0.3 is 0 Å². The van der Waals surface area contributed by atoms with Gasteiger partial charge in [-0.1, -0.05) is 66.7 Å². The average molecular weight is 771 g/mol. The molecule has 8 N–H and O–H groups in total. The standard InChI is InChI=1S/C44H34N8O6/c1-23-14-16-27(41(45)55)20-35(23)49-51-37-31-12-5-3-8-25(31)18-33(39(37)53)43(57)47-29-10-7-11-30(22-29)48-44(58)34-19-26-9-4-6-13-32(26)38(40(34)54)52-50-36-21-28(42(46)56)17-15-24(36)2/h3-22,53-54H,1-2H3,(H2,45,55)(H2,46,56)(H,47,57)(H,48,58). The molecular weight excluding hydrogens is 737 g/mol. The number of primary amides is 2. The van der Waals surface area contributed by atoms with E-state index in [1.807, 2.05) is 0 Å². The van der Waals surface area contributed by atoms with Crippen LogP contribution in [0.25, 0.3) is 21.5 Å². The number of carbonyl (C=O) groups excluding carboxylic acids is 4. The van der Waals surface area contributed by atoms with Gasteiger partial charge in [0.2, 0.25) is 11.8 Å². The zero-order chi connectivity index (χ0) is 41.1. The Bertz CT molecular complexity index is 2710. The Morgan fingerprint density at radius 2 is 0.914 bits per heavy atom. The Balaban J connectivity index is 1.16. The Morgan fingerprint density at radius 1 is 0.500 bits per heavy atom. The highest BCUT2D eigenvalue weighted by Gasteiger charge is 2.21. The molecule has 0 fully saturated rings. The van der Waals surface area contributed by atoms with Crippen LogP contribution in [0, 0.1) is 13.8 Å². The number of carbonyl (C=O) groups is 4. The van der Waals surface area contributed by atoms with Crippen LogP contribution in [0.4, 0.5) is 34.1 Å². The van der Waals surface area contributed by atoms with Crippen molar-refractivity contribution in [3.63, 3.8) is 0 Å². The predicted octanol–water partition coefficient (Wildman–Crippen LogP) is 9.55. The first-order valence-corrected chi connectivity index (χ1v) is 17.7. The minimum absolute atomic E-state index is 0.0385. The van der Waals surface area contributed by atoms with E-state index in [2.05, 4.69) is 31.1 Å². The molecule has 7 rings (SSSR count). The van der Waals surface area contributed by atoms with Gasteiger partial charge < -0.3 is 32.3 Å². The van der Waals surface area contributed by atoms with Gasteiger partial charge in [-0.15, -0.1) is 10.2 Å². The molecule has 4 amide bonds. The topological polar surface area (TPSA) is 234 Å². The van der Waals surface area contributed by atoms with Crippen LogP contribution in [0.1, 0.15) is 52.6 Å². The van der Waals surface area contributed by atoms with Crippen LogP contribution in [-0.4, -0.2) is 33.8 Å². The van der Waals surface area contributed by atoms with Crippen molar-refractivity contribution in [2.75, 3.05) is 10.6 Å². The third-order valence-electron chi connectivity index (χ3n) is 9.36. The summed E-state index contributed by atoms with van der Waals surface area (Å²) >= 11 is 0. The lowest BCUT2D eigenvalue weighted by Crippen LogP contribution is -2.14. The molecule has 0 unspecified atom stereocenters. The van der Waals surface area contributed by atoms with Crippen molar-refractivity contribution in [2.45, 2.75) is 13.8 Å². The highest BCUT2D eigenvalue weighted by molar-refractivity contribution is 6.13. The van der Waals surface area contributed by atoms with Crippen LogP contribution in [0.15, 0.2) is 142 Å². The largest absolute Gasteiger partial charge is 0.505 e. The second-order valence-electron chi connectivity index (χ2n) is 13.3. The number of nitrogens with one attached hydrogen (secondary N) is 2. The van der Waals surface area contributed by atoms with Crippen molar-refractivity contribution in [3.05, 3.63) is 155 Å². The summed E-state index contributed by atoms with van der Waals surface area (Å²) < 4.78 is 0. The lowest BCUT2D eigenvalue weighted by Gasteiger charge is -2.13. The van der Waals surface area contributed by atoms with E-state index in [0.717, 1.165) is 0 Å². The minimum atomic E-state index is -0.672. The van der Waals surface area contributed by atoms with E-state index in [1.54, 1.807) is 105 Å². The van der Waals surface area contributed by atoms with Gasteiger partial charge in [0.1, 0.15) is 11.4 Å². The average Bonchev–Trinajstić information content (AvgIpc) is 3.20. The molecule has 0 heterocycles. The molecule has 0 aromatic heterocycles. The molecule has 7 aromatic rings. The SMILES string of the molecule is Cc1ccc(C(N)=O)cc1N=Nc1c(O)c(C(=O)Nc2cccc(NC(=O)c3cc4ccccc4c(N=Nc4cc(C(N)=O)ccc4C)c3O)c2)cc2ccccc12. The molecule has 0 radical (unpaired) electrons. The number of nitrogens with zero attached hydrogens (tertiary/aromatic N) is 4. The monoisotopic (exact) mass is 770 g/mol. The molecule has 7 aromatic carbocycles. The first kappa shape index (κ1) is 38.0. The summed E-state index contributed by atoms with van der Waals surface area (Å²) in [6.07, 6.45) is 0. The second-order valence-corrected chi connectivity index (χ2v) is 13.3. The van der Waals surface area contributed by atoms with Gasteiger partial charge in [0.25, 0.3) is 11.8 Å². The summed E-state index contributed by atoms with van der Waals surface area (Å²) in [6.45, 7) is 3.56. The molecule has 0 atom stereocenters. The fourth-order valence-corrected chi connectivity index (χ4v) is 6.20. The number of rotatable bonds is 10. The maximum Gasteiger partial charge on any atom is 0.259 e. The molecular formula is C44H34N8O6. The quantitative estimate of drug-likeness (QED) is 0.0740. The number of aryl methyl sites for hydroxylation is 2. The number of hydrogen-bond acceptors (Lipinski definition) is 10. The van der Waals surface area contributed by atoms with Crippen molar-refractivity contribution in [1.82, 2.24) is 0 Å². The molecule has 0 aliphatic carbocycles. The Labute approximate surface area is 330 Å². The molecule has 14 nitrogen and oxygen atoms in total. The molecule has 0 aliphatic rings. The van der Waals surface area contributed by atoms with Gasteiger partial charge in [-0.3, -0.25) is 19.2 Å². The van der Waals surface area contributed by atoms with Crippen LogP contribution in [0.5, 0.6) is 11.5 Å². The first-order valence-electron chi connectivity index (χ1n) is 17.7. The smallest absolute Gasteiger partial charge is 0.259 e. The number of anilines is 2. The third kappa shape index (κ3) is 7.79. The van der Waals surface area contributed by atoms with Crippen molar-refractivity contribution >= 4 is 79.3 Å². The first-order chi connectivity index (χ1) is 27.9. The van der Waals surface area contributed by atoms with E-state index < -0.39 is 35.1 Å². The highest BCUT2D eigenvalue weighted by Crippen LogP contribution is 2.41. The number of hydrogen-bond donors (Lipinski definition) is 6. The third-order valence-corrected chi connectivity index (χ3v) is 9.36. The van der Waals surface area contributed by atoms with Gasteiger partial charge in [-0.2, -0.15) is 10.2 Å². The van der Waals surface area contributed by atoms with Gasteiger partial charge in [0.05, 0.1) is 22.5 Å². The number of aromatic hydroxyl groups is 2. The van der Waals surface area contributed by atoms with Gasteiger partial charge in [-0.25, -0.2) is 0 Å². The fraction of sp³-hybridized carbons (Fsp3) is 0.0455. The number of phenolic OH excluding ortho intramolecular Hbond substituents is 2. The molecule has 0 spiro atoms. The number of amides is 4. The molecule has 58 heavy (non-hydrogen) atoms. The van der Waals surface area contributed by atoms with Crippen LogP contribution < -0.4 is 22.1 Å². The number of azo groups is 2. The number of benzene rings is 7. The predicted molar refractivity (Wildman–Crippen MR) is 221 cm³/mol. The van der Waals surface area contributed by atoms with E-state index in [1.165, 1.54) is 30.3 Å². The van der Waals surface area contributed by atoms with E-state index in [0.29, 0.717) is 44.0 Å². The Hall–Kier alpha value is -8.26. The van der Waals surface area contributed by atoms with Crippen LogP contribution in [0.3, 0.4) is 0 Å². The van der Waals surface area contributed by atoms with E-state index in [4.69, 9.17) is 11.5 Å². The number of nitrogens with two attached hydrogens (primary N) is 2. The summed E-state index contributed by atoms with van der Waals surface area (Å²) in [4.78, 5) is 51.0. The zero-order valence-corrected chi connectivity index (χ0v) is 31.0. The van der Waals surface area contributed by atoms with Gasteiger partial charge in [0, 0.05) is 33.3 Å². The molecule has 0 aliphatic heterocycles. The number of phenols is 2. The molecule has 286 valence electrons. The highest BCUT2D eigenvalue weighted by atomic mass is 16.3. The Morgan fingerprint density at radius 3 is 1.33 bits per heavy atom. The molecule has 0 saturated heterocycles. The Kier molecular flexibility index (Phi) is 10.4. The minimum Gasteiger partial charge on any atom is -0.505 e. The van der Waals surface area contributed by atoms with E-state index >= 15 is 0 Å². The molecule has 14 heteroatoms. The van der Waals surface area contributed by atoms with E-state index in [9.17, 15) is 29.4 Å². The van der Waals surface area contributed by atoms with Crippen molar-refractivity contribution in [2.24, 2.45) is 31.9 Å². The summed E-state index contributed by atoms with van der Waals surface area (Å²) in [7, 11) is 0. The maximum atomic E-state index is 13.7. The second kappa shape index (κ2) is 15.8.